The van der Waals surface area contributed by atoms with Gasteiger partial charge < -0.3 is 10.1 Å². The highest BCUT2D eigenvalue weighted by Gasteiger charge is 2.15. The normalized spacial score (nSPS) is 10.8. The molecular weight excluding hydrogens is 372 g/mol. The van der Waals surface area contributed by atoms with Crippen LogP contribution in [0.1, 0.15) is 27.0 Å². The molecule has 0 atom stereocenters. The summed E-state index contributed by atoms with van der Waals surface area (Å²) in [5.74, 6) is 0.633. The topological polar surface area (TPSA) is 51.2 Å². The Labute approximate surface area is 176 Å². The third-order valence-electron chi connectivity index (χ3n) is 5.36. The van der Waals surface area contributed by atoms with Gasteiger partial charge in [-0.1, -0.05) is 17.7 Å². The lowest BCUT2D eigenvalue weighted by Gasteiger charge is -2.12. The second-order valence-electron chi connectivity index (χ2n) is 7.56. The molecule has 0 aliphatic heterocycles. The largest absolute Gasteiger partial charge is 0.497 e. The molecule has 0 aliphatic carbocycles. The zero-order valence-corrected chi connectivity index (χ0v) is 17.6. The maximum Gasteiger partial charge on any atom is 0.256 e. The van der Waals surface area contributed by atoms with Gasteiger partial charge in [-0.2, -0.15) is 0 Å². The van der Waals surface area contributed by atoms with Crippen LogP contribution in [0.15, 0.2) is 66.7 Å². The first-order chi connectivity index (χ1) is 14.4. The molecule has 0 bridgehead atoms. The summed E-state index contributed by atoms with van der Waals surface area (Å²) in [6, 6.07) is 21.5. The molecule has 3 aromatic carbocycles. The standard InChI is InChI=1S/C26H24N2O2/c1-16-5-12-24-22(13-16)23(26(29)27-20-9-6-17(2)18(3)14-20)15-25(28-24)19-7-10-21(30-4)11-8-19/h5-15H,1-4H3,(H,27,29). The molecule has 0 saturated heterocycles. The molecule has 1 amide bonds. The maximum absolute atomic E-state index is 13.3. The number of aryl methyl sites for hydroxylation is 3. The third kappa shape index (κ3) is 3.90. The Balaban J connectivity index is 1.80. The quantitative estimate of drug-likeness (QED) is 0.454. The van der Waals surface area contributed by atoms with Crippen LogP contribution in [0.2, 0.25) is 0 Å². The molecule has 4 aromatic rings. The molecular formula is C26H24N2O2. The molecule has 0 radical (unpaired) electrons. The number of aromatic nitrogens is 1. The summed E-state index contributed by atoms with van der Waals surface area (Å²) in [6.45, 7) is 6.11. The van der Waals surface area contributed by atoms with E-state index in [0.717, 1.165) is 44.7 Å². The summed E-state index contributed by atoms with van der Waals surface area (Å²) >= 11 is 0. The van der Waals surface area contributed by atoms with Crippen molar-refractivity contribution < 1.29 is 9.53 Å². The zero-order chi connectivity index (χ0) is 21.3. The molecule has 4 heteroatoms. The monoisotopic (exact) mass is 396 g/mol. The number of nitrogens with one attached hydrogen (secondary N) is 1. The summed E-state index contributed by atoms with van der Waals surface area (Å²) in [7, 11) is 1.64. The van der Waals surface area contributed by atoms with Crippen LogP contribution in [-0.4, -0.2) is 18.0 Å². The first kappa shape index (κ1) is 19.6. The van der Waals surface area contributed by atoms with Gasteiger partial charge in [0.15, 0.2) is 0 Å². The molecule has 0 unspecified atom stereocenters. The first-order valence-corrected chi connectivity index (χ1v) is 9.89. The fourth-order valence-corrected chi connectivity index (χ4v) is 3.45. The highest BCUT2D eigenvalue weighted by Crippen LogP contribution is 2.28. The minimum atomic E-state index is -0.147. The fraction of sp³-hybridized carbons (Fsp3) is 0.154. The number of carbonyl (C=O) groups is 1. The Bertz CT molecular complexity index is 1240. The van der Waals surface area contributed by atoms with Crippen LogP contribution in [0.3, 0.4) is 0 Å². The second kappa shape index (κ2) is 7.99. The number of fused-ring (bicyclic) bond motifs is 1. The molecule has 1 heterocycles. The van der Waals surface area contributed by atoms with Gasteiger partial charge in [0, 0.05) is 16.6 Å². The van der Waals surface area contributed by atoms with Crippen LogP contribution in [0.5, 0.6) is 5.75 Å². The van der Waals surface area contributed by atoms with E-state index < -0.39 is 0 Å². The zero-order valence-electron chi connectivity index (χ0n) is 17.6. The number of nitrogens with zero attached hydrogens (tertiary/aromatic N) is 1. The SMILES string of the molecule is COc1ccc(-c2cc(C(=O)Nc3ccc(C)c(C)c3)c3cc(C)ccc3n2)cc1. The molecule has 0 spiro atoms. The summed E-state index contributed by atoms with van der Waals surface area (Å²) in [4.78, 5) is 18.1. The molecule has 30 heavy (non-hydrogen) atoms. The smallest absolute Gasteiger partial charge is 0.256 e. The van der Waals surface area contributed by atoms with Crippen molar-refractivity contribution in [1.29, 1.82) is 0 Å². The van der Waals surface area contributed by atoms with Gasteiger partial charge in [0.25, 0.3) is 5.91 Å². The summed E-state index contributed by atoms with van der Waals surface area (Å²) in [5.41, 5.74) is 7.28. The molecule has 4 rings (SSSR count). The lowest BCUT2D eigenvalue weighted by Crippen LogP contribution is -2.13. The van der Waals surface area contributed by atoms with Crippen LogP contribution in [0, 0.1) is 20.8 Å². The first-order valence-electron chi connectivity index (χ1n) is 9.89. The van der Waals surface area contributed by atoms with Crippen molar-refractivity contribution in [3.8, 4) is 17.0 Å². The number of carbonyl (C=O) groups excluding carboxylic acids is 1. The highest BCUT2D eigenvalue weighted by atomic mass is 16.5. The number of benzene rings is 3. The summed E-state index contributed by atoms with van der Waals surface area (Å²) in [6.07, 6.45) is 0. The minimum Gasteiger partial charge on any atom is -0.497 e. The Morgan fingerprint density at radius 2 is 1.63 bits per heavy atom. The van der Waals surface area contributed by atoms with Gasteiger partial charge in [0.1, 0.15) is 5.75 Å². The van der Waals surface area contributed by atoms with E-state index in [4.69, 9.17) is 9.72 Å². The van der Waals surface area contributed by atoms with Crippen molar-refractivity contribution in [3.63, 3.8) is 0 Å². The van der Waals surface area contributed by atoms with Crippen LogP contribution < -0.4 is 10.1 Å². The lowest BCUT2D eigenvalue weighted by atomic mass is 10.0. The van der Waals surface area contributed by atoms with Crippen LogP contribution in [0.4, 0.5) is 5.69 Å². The number of pyridine rings is 1. The predicted molar refractivity (Wildman–Crippen MR) is 122 cm³/mol. The molecule has 4 nitrogen and oxygen atoms in total. The number of hydrogen-bond acceptors (Lipinski definition) is 3. The van der Waals surface area contributed by atoms with Crippen LogP contribution in [0.25, 0.3) is 22.2 Å². The molecule has 0 fully saturated rings. The van der Waals surface area contributed by atoms with Gasteiger partial charge in [-0.05, 0) is 86.5 Å². The van der Waals surface area contributed by atoms with Crippen molar-refractivity contribution in [1.82, 2.24) is 4.98 Å². The Hall–Kier alpha value is -3.66. The Morgan fingerprint density at radius 1 is 0.867 bits per heavy atom. The van der Waals surface area contributed by atoms with Crippen molar-refractivity contribution in [2.45, 2.75) is 20.8 Å². The minimum absolute atomic E-state index is 0.147. The van der Waals surface area contributed by atoms with Gasteiger partial charge in [-0.3, -0.25) is 4.79 Å². The number of methoxy groups -OCH3 is 1. The maximum atomic E-state index is 13.3. The van der Waals surface area contributed by atoms with E-state index >= 15 is 0 Å². The van der Waals surface area contributed by atoms with E-state index in [1.165, 1.54) is 5.56 Å². The van der Waals surface area contributed by atoms with Gasteiger partial charge in [-0.15, -0.1) is 0 Å². The lowest BCUT2D eigenvalue weighted by molar-refractivity contribution is 0.102. The van der Waals surface area contributed by atoms with Crippen LogP contribution in [-0.2, 0) is 0 Å². The Morgan fingerprint density at radius 3 is 2.33 bits per heavy atom. The van der Waals surface area contributed by atoms with E-state index in [2.05, 4.69) is 12.2 Å². The Kier molecular flexibility index (Phi) is 5.23. The number of rotatable bonds is 4. The van der Waals surface area contributed by atoms with Crippen LogP contribution >= 0.6 is 0 Å². The molecule has 0 saturated carbocycles. The van der Waals surface area contributed by atoms with E-state index in [-0.39, 0.29) is 5.91 Å². The van der Waals surface area contributed by atoms with Gasteiger partial charge >= 0.3 is 0 Å². The van der Waals surface area contributed by atoms with E-state index in [1.807, 2.05) is 80.6 Å². The average molecular weight is 396 g/mol. The van der Waals surface area contributed by atoms with Gasteiger partial charge in [-0.25, -0.2) is 4.98 Å². The van der Waals surface area contributed by atoms with Crippen molar-refractivity contribution >= 4 is 22.5 Å². The predicted octanol–water partition coefficient (Wildman–Crippen LogP) is 6.09. The van der Waals surface area contributed by atoms with E-state index in [0.29, 0.717) is 5.56 Å². The number of anilines is 1. The van der Waals surface area contributed by atoms with E-state index in [9.17, 15) is 4.79 Å². The van der Waals surface area contributed by atoms with Crippen molar-refractivity contribution in [2.24, 2.45) is 0 Å². The second-order valence-corrected chi connectivity index (χ2v) is 7.56. The number of amides is 1. The van der Waals surface area contributed by atoms with Crippen molar-refractivity contribution in [2.75, 3.05) is 12.4 Å². The average Bonchev–Trinajstić information content (AvgIpc) is 2.75. The molecule has 1 N–H and O–H groups in total. The van der Waals surface area contributed by atoms with Gasteiger partial charge in [0.2, 0.25) is 0 Å². The number of ether oxygens (including phenoxy) is 1. The van der Waals surface area contributed by atoms with E-state index in [1.54, 1.807) is 7.11 Å². The molecule has 150 valence electrons. The molecule has 0 aliphatic rings. The highest BCUT2D eigenvalue weighted by molar-refractivity contribution is 6.13. The van der Waals surface area contributed by atoms with Gasteiger partial charge in [0.05, 0.1) is 23.9 Å². The number of hydrogen-bond donors (Lipinski definition) is 1. The summed E-state index contributed by atoms with van der Waals surface area (Å²) in [5, 5.41) is 3.89. The summed E-state index contributed by atoms with van der Waals surface area (Å²) < 4.78 is 5.25. The fourth-order valence-electron chi connectivity index (χ4n) is 3.45. The molecule has 1 aromatic heterocycles. The van der Waals surface area contributed by atoms with Crippen molar-refractivity contribution in [3.05, 3.63) is 89.0 Å². The third-order valence-corrected chi connectivity index (χ3v) is 5.36.